The zero-order valence-corrected chi connectivity index (χ0v) is 15.6. The molecule has 5 nitrogen and oxygen atoms in total. The zero-order valence-electron chi connectivity index (χ0n) is 15.6. The molecule has 0 aromatic heterocycles. The highest BCUT2D eigenvalue weighted by Gasteiger charge is 2.27. The zero-order chi connectivity index (χ0) is 18.9. The van der Waals surface area contributed by atoms with Crippen molar-refractivity contribution < 1.29 is 24.2 Å². The minimum atomic E-state index is -0.955. The molecule has 0 aliphatic heterocycles. The highest BCUT2D eigenvalue weighted by Crippen LogP contribution is 2.20. The lowest BCUT2D eigenvalue weighted by molar-refractivity contribution is -0.159. The SMILES string of the molecule is C=C[C@@](C)(O)CC/C=C(\C)[C@@H](OC(C)=O)[C@@H](C=C(C)C)OC(C)=O. The number of hydrogen-bond acceptors (Lipinski definition) is 5. The second-order valence-corrected chi connectivity index (χ2v) is 6.40. The molecular weight excluding hydrogens is 308 g/mol. The first kappa shape index (κ1) is 22.1. The van der Waals surface area contributed by atoms with E-state index < -0.39 is 29.7 Å². The van der Waals surface area contributed by atoms with E-state index in [9.17, 15) is 14.7 Å². The van der Waals surface area contributed by atoms with Crippen LogP contribution < -0.4 is 0 Å². The molecule has 0 bridgehead atoms. The molecule has 0 aliphatic rings. The van der Waals surface area contributed by atoms with Gasteiger partial charge in [-0.2, -0.15) is 0 Å². The summed E-state index contributed by atoms with van der Waals surface area (Å²) in [6, 6.07) is 0. The number of ether oxygens (including phenoxy) is 2. The number of carbonyl (C=O) groups excluding carboxylic acids is 2. The van der Waals surface area contributed by atoms with E-state index in [1.54, 1.807) is 13.0 Å². The standard InChI is InChI=1S/C19H30O5/c1-8-19(7,22)11-9-10-14(4)18(24-16(6)21)17(12-13(2)3)23-15(5)20/h8,10,12,17-18,22H,1,9,11H2,2-7H3/b14-10+/t17-,18-,19-/m1/s1. The van der Waals surface area contributed by atoms with E-state index in [-0.39, 0.29) is 0 Å². The van der Waals surface area contributed by atoms with Gasteiger partial charge >= 0.3 is 11.9 Å². The molecule has 0 saturated carbocycles. The molecule has 0 aromatic carbocycles. The van der Waals surface area contributed by atoms with Gasteiger partial charge in [0.05, 0.1) is 5.60 Å². The van der Waals surface area contributed by atoms with Gasteiger partial charge in [0.1, 0.15) is 0 Å². The summed E-state index contributed by atoms with van der Waals surface area (Å²) in [6.07, 6.45) is 4.80. The van der Waals surface area contributed by atoms with Crippen molar-refractivity contribution in [3.8, 4) is 0 Å². The van der Waals surface area contributed by atoms with E-state index in [0.29, 0.717) is 12.8 Å². The summed E-state index contributed by atoms with van der Waals surface area (Å²) in [5, 5.41) is 9.96. The van der Waals surface area contributed by atoms with Crippen LogP contribution in [0.25, 0.3) is 0 Å². The number of rotatable bonds is 9. The average molecular weight is 338 g/mol. The Morgan fingerprint density at radius 1 is 1.12 bits per heavy atom. The Kier molecular flexibility index (Phi) is 9.29. The van der Waals surface area contributed by atoms with E-state index in [2.05, 4.69) is 6.58 Å². The van der Waals surface area contributed by atoms with E-state index >= 15 is 0 Å². The Hall–Kier alpha value is -1.88. The number of aliphatic hydroxyl groups is 1. The Balaban J connectivity index is 5.38. The first-order valence-corrected chi connectivity index (χ1v) is 8.00. The van der Waals surface area contributed by atoms with Gasteiger partial charge in [0.25, 0.3) is 0 Å². The molecule has 0 saturated heterocycles. The minimum Gasteiger partial charge on any atom is -0.454 e. The predicted molar refractivity (Wildman–Crippen MR) is 94.4 cm³/mol. The maximum absolute atomic E-state index is 11.5. The number of carbonyl (C=O) groups is 2. The van der Waals surface area contributed by atoms with Crippen LogP contribution in [0.2, 0.25) is 0 Å². The third kappa shape index (κ3) is 9.30. The van der Waals surface area contributed by atoms with Crippen molar-refractivity contribution in [3.63, 3.8) is 0 Å². The number of hydrogen-bond donors (Lipinski definition) is 1. The molecular formula is C19H30O5. The molecule has 24 heavy (non-hydrogen) atoms. The van der Waals surface area contributed by atoms with Crippen molar-refractivity contribution in [1.29, 1.82) is 0 Å². The molecule has 0 spiro atoms. The Morgan fingerprint density at radius 2 is 1.67 bits per heavy atom. The van der Waals surface area contributed by atoms with Gasteiger partial charge in [0.2, 0.25) is 0 Å². The summed E-state index contributed by atoms with van der Waals surface area (Å²) in [7, 11) is 0. The molecule has 5 heteroatoms. The normalized spacial score (nSPS) is 16.4. The van der Waals surface area contributed by atoms with Crippen LogP contribution >= 0.6 is 0 Å². The van der Waals surface area contributed by atoms with Crippen LogP contribution in [0.4, 0.5) is 0 Å². The fraction of sp³-hybridized carbons (Fsp3) is 0.579. The maximum atomic E-state index is 11.5. The van der Waals surface area contributed by atoms with Crippen LogP contribution in [0, 0.1) is 0 Å². The van der Waals surface area contributed by atoms with E-state index in [1.165, 1.54) is 19.9 Å². The van der Waals surface area contributed by atoms with Crippen molar-refractivity contribution in [1.82, 2.24) is 0 Å². The summed E-state index contributed by atoms with van der Waals surface area (Å²) in [6.45, 7) is 13.5. The monoisotopic (exact) mass is 338 g/mol. The number of esters is 2. The van der Waals surface area contributed by atoms with Crippen molar-refractivity contribution in [2.75, 3.05) is 0 Å². The maximum Gasteiger partial charge on any atom is 0.303 e. The Labute approximate surface area is 145 Å². The highest BCUT2D eigenvalue weighted by atomic mass is 16.6. The van der Waals surface area contributed by atoms with Gasteiger partial charge < -0.3 is 14.6 Å². The van der Waals surface area contributed by atoms with E-state index in [0.717, 1.165) is 11.1 Å². The first-order valence-electron chi connectivity index (χ1n) is 8.00. The average Bonchev–Trinajstić information content (AvgIpc) is 2.42. The van der Waals surface area contributed by atoms with Gasteiger partial charge in [-0.05, 0) is 52.2 Å². The summed E-state index contributed by atoms with van der Waals surface area (Å²) >= 11 is 0. The van der Waals surface area contributed by atoms with Gasteiger partial charge in [-0.15, -0.1) is 6.58 Å². The molecule has 0 unspecified atom stereocenters. The second-order valence-electron chi connectivity index (χ2n) is 6.40. The lowest BCUT2D eigenvalue weighted by atomic mass is 9.97. The quantitative estimate of drug-likeness (QED) is 0.515. The van der Waals surface area contributed by atoms with Gasteiger partial charge in [-0.1, -0.05) is 17.7 Å². The number of allylic oxidation sites excluding steroid dienone is 2. The van der Waals surface area contributed by atoms with Crippen LogP contribution in [0.5, 0.6) is 0 Å². The summed E-state index contributed by atoms with van der Waals surface area (Å²) in [5.41, 5.74) is 0.748. The van der Waals surface area contributed by atoms with Crippen LogP contribution in [-0.4, -0.2) is 34.9 Å². The van der Waals surface area contributed by atoms with Crippen molar-refractivity contribution in [2.24, 2.45) is 0 Å². The molecule has 136 valence electrons. The fourth-order valence-electron chi connectivity index (χ4n) is 2.11. The van der Waals surface area contributed by atoms with Gasteiger partial charge in [0, 0.05) is 13.8 Å². The van der Waals surface area contributed by atoms with Crippen molar-refractivity contribution in [2.45, 2.75) is 72.2 Å². The first-order chi connectivity index (χ1) is 11.0. The van der Waals surface area contributed by atoms with Gasteiger partial charge in [-0.3, -0.25) is 9.59 Å². The molecule has 0 amide bonds. The van der Waals surface area contributed by atoms with Gasteiger partial charge in [-0.25, -0.2) is 0 Å². The smallest absolute Gasteiger partial charge is 0.303 e. The third-order valence-corrected chi connectivity index (χ3v) is 3.40. The molecule has 0 rings (SSSR count). The lowest BCUT2D eigenvalue weighted by Crippen LogP contribution is -2.34. The molecule has 0 aromatic rings. The summed E-state index contributed by atoms with van der Waals surface area (Å²) < 4.78 is 10.7. The minimum absolute atomic E-state index is 0.447. The van der Waals surface area contributed by atoms with Crippen molar-refractivity contribution in [3.05, 3.63) is 36.0 Å². The van der Waals surface area contributed by atoms with Gasteiger partial charge in [0.15, 0.2) is 12.2 Å². The van der Waals surface area contributed by atoms with E-state index in [4.69, 9.17) is 9.47 Å². The fourth-order valence-corrected chi connectivity index (χ4v) is 2.11. The van der Waals surface area contributed by atoms with Crippen molar-refractivity contribution >= 4 is 11.9 Å². The summed E-state index contributed by atoms with van der Waals surface area (Å²) in [4.78, 5) is 22.8. The highest BCUT2D eigenvalue weighted by molar-refractivity contribution is 5.68. The largest absolute Gasteiger partial charge is 0.454 e. The second kappa shape index (κ2) is 10.1. The topological polar surface area (TPSA) is 72.8 Å². The Bertz CT molecular complexity index is 510. The predicted octanol–water partition coefficient (Wildman–Crippen LogP) is 3.48. The molecule has 3 atom stereocenters. The van der Waals surface area contributed by atoms with Crippen LogP contribution in [0.3, 0.4) is 0 Å². The van der Waals surface area contributed by atoms with Crippen LogP contribution in [-0.2, 0) is 19.1 Å². The Morgan fingerprint density at radius 3 is 2.08 bits per heavy atom. The summed E-state index contributed by atoms with van der Waals surface area (Å²) in [5.74, 6) is -0.901. The van der Waals surface area contributed by atoms with Crippen LogP contribution in [0.1, 0.15) is 54.4 Å². The third-order valence-electron chi connectivity index (χ3n) is 3.40. The lowest BCUT2D eigenvalue weighted by Gasteiger charge is -2.26. The molecule has 0 heterocycles. The molecule has 0 aliphatic carbocycles. The molecule has 1 N–H and O–H groups in total. The van der Waals surface area contributed by atoms with Crippen LogP contribution in [0.15, 0.2) is 36.0 Å². The molecule has 0 radical (unpaired) electrons. The van der Waals surface area contributed by atoms with E-state index in [1.807, 2.05) is 26.8 Å². The molecule has 0 fully saturated rings.